The molecule has 15 heavy (non-hydrogen) atoms. The summed E-state index contributed by atoms with van der Waals surface area (Å²) in [4.78, 5) is 0. The highest BCUT2D eigenvalue weighted by molar-refractivity contribution is 5.78. The molecule has 0 aliphatic heterocycles. The monoisotopic (exact) mass is 203 g/mol. The van der Waals surface area contributed by atoms with Crippen molar-refractivity contribution in [3.05, 3.63) is 30.5 Å². The fourth-order valence-corrected chi connectivity index (χ4v) is 1.96. The number of hydrogen-bond acceptors (Lipinski definition) is 2. The Bertz CT molecular complexity index is 433. The van der Waals surface area contributed by atoms with Crippen molar-refractivity contribution < 1.29 is 0 Å². The van der Waals surface area contributed by atoms with Gasteiger partial charge in [-0.1, -0.05) is 31.5 Å². The lowest BCUT2D eigenvalue weighted by Gasteiger charge is -2.15. The highest BCUT2D eigenvalue weighted by Crippen LogP contribution is 2.19. The highest BCUT2D eigenvalue weighted by Gasteiger charge is 2.11. The molecule has 3 nitrogen and oxygen atoms in total. The first-order valence-electron chi connectivity index (χ1n) is 5.49. The number of fused-ring (bicyclic) bond motifs is 1. The van der Waals surface area contributed by atoms with Gasteiger partial charge < -0.3 is 5.73 Å². The molecule has 2 aromatic rings. The highest BCUT2D eigenvalue weighted by atomic mass is 15.3. The molecule has 1 aromatic carbocycles. The van der Waals surface area contributed by atoms with Crippen LogP contribution >= 0.6 is 0 Å². The normalized spacial score (nSPS) is 13.2. The van der Waals surface area contributed by atoms with Gasteiger partial charge in [-0.05, 0) is 12.5 Å². The van der Waals surface area contributed by atoms with Crippen LogP contribution < -0.4 is 5.73 Å². The van der Waals surface area contributed by atoms with Crippen molar-refractivity contribution in [1.29, 1.82) is 0 Å². The number of nitrogens with two attached hydrogens (primary N) is 1. The summed E-state index contributed by atoms with van der Waals surface area (Å²) in [7, 11) is 0. The zero-order valence-corrected chi connectivity index (χ0v) is 9.06. The van der Waals surface area contributed by atoms with Crippen LogP contribution in [-0.2, 0) is 0 Å². The molecule has 1 unspecified atom stereocenters. The Morgan fingerprint density at radius 1 is 1.40 bits per heavy atom. The number of benzene rings is 1. The Morgan fingerprint density at radius 2 is 2.20 bits per heavy atom. The van der Waals surface area contributed by atoms with E-state index in [1.54, 1.807) is 0 Å². The van der Waals surface area contributed by atoms with Gasteiger partial charge >= 0.3 is 0 Å². The molecule has 0 fully saturated rings. The third-order valence-electron chi connectivity index (χ3n) is 2.74. The van der Waals surface area contributed by atoms with Gasteiger partial charge in [0, 0.05) is 11.9 Å². The first kappa shape index (κ1) is 10.2. The molecule has 3 heteroatoms. The summed E-state index contributed by atoms with van der Waals surface area (Å²) in [5.74, 6) is 0. The number of para-hydroxylation sites is 1. The first-order valence-corrected chi connectivity index (χ1v) is 5.49. The van der Waals surface area contributed by atoms with E-state index in [9.17, 15) is 0 Å². The van der Waals surface area contributed by atoms with Crippen LogP contribution in [0.25, 0.3) is 10.9 Å². The van der Waals surface area contributed by atoms with Gasteiger partial charge in [-0.25, -0.2) is 0 Å². The molecule has 1 aromatic heterocycles. The Kier molecular flexibility index (Phi) is 3.02. The third-order valence-corrected chi connectivity index (χ3v) is 2.74. The second-order valence-electron chi connectivity index (χ2n) is 3.83. The minimum atomic E-state index is 0.329. The lowest BCUT2D eigenvalue weighted by molar-refractivity contribution is 0.441. The van der Waals surface area contributed by atoms with Crippen LogP contribution in [0.1, 0.15) is 25.8 Å². The van der Waals surface area contributed by atoms with Crippen molar-refractivity contribution in [2.24, 2.45) is 5.73 Å². The van der Waals surface area contributed by atoms with Crippen LogP contribution in [0.15, 0.2) is 30.5 Å². The van der Waals surface area contributed by atoms with Crippen molar-refractivity contribution in [2.45, 2.75) is 25.8 Å². The predicted molar refractivity (Wildman–Crippen MR) is 62.7 cm³/mol. The average Bonchev–Trinajstić information content (AvgIpc) is 2.70. The van der Waals surface area contributed by atoms with Gasteiger partial charge in [-0.15, -0.1) is 0 Å². The summed E-state index contributed by atoms with van der Waals surface area (Å²) in [5, 5.41) is 5.61. The van der Waals surface area contributed by atoms with Gasteiger partial charge in [0.1, 0.15) is 0 Å². The standard InChI is InChI=1S/C12H17N3/c1-2-5-11(8-13)15-12-7-4-3-6-10(12)9-14-15/h3-4,6-7,9,11H,2,5,8,13H2,1H3. The van der Waals surface area contributed by atoms with E-state index in [4.69, 9.17) is 5.73 Å². The fourth-order valence-electron chi connectivity index (χ4n) is 1.96. The molecule has 0 aliphatic rings. The Labute approximate surface area is 89.9 Å². The van der Waals surface area contributed by atoms with Crippen LogP contribution in [0.2, 0.25) is 0 Å². The van der Waals surface area contributed by atoms with E-state index in [1.807, 2.05) is 18.3 Å². The van der Waals surface area contributed by atoms with E-state index in [-0.39, 0.29) is 0 Å². The molecule has 80 valence electrons. The van der Waals surface area contributed by atoms with E-state index < -0.39 is 0 Å². The maximum atomic E-state index is 5.78. The molecule has 0 saturated carbocycles. The second-order valence-corrected chi connectivity index (χ2v) is 3.83. The van der Waals surface area contributed by atoms with E-state index in [1.165, 1.54) is 10.9 Å². The van der Waals surface area contributed by atoms with Crippen molar-refractivity contribution in [3.63, 3.8) is 0 Å². The molecular weight excluding hydrogens is 186 g/mol. The molecule has 0 bridgehead atoms. The number of aromatic nitrogens is 2. The predicted octanol–water partition coefficient (Wildman–Crippen LogP) is 2.34. The summed E-state index contributed by atoms with van der Waals surface area (Å²) in [5.41, 5.74) is 6.96. The third kappa shape index (κ3) is 1.88. The Morgan fingerprint density at radius 3 is 2.93 bits per heavy atom. The van der Waals surface area contributed by atoms with Crippen molar-refractivity contribution in [3.8, 4) is 0 Å². The lowest BCUT2D eigenvalue weighted by atomic mass is 10.1. The second kappa shape index (κ2) is 4.45. The summed E-state index contributed by atoms with van der Waals surface area (Å²) in [6.07, 6.45) is 4.13. The van der Waals surface area contributed by atoms with E-state index in [2.05, 4.69) is 28.8 Å². The van der Waals surface area contributed by atoms with Crippen molar-refractivity contribution in [2.75, 3.05) is 6.54 Å². The quantitative estimate of drug-likeness (QED) is 0.828. The minimum Gasteiger partial charge on any atom is -0.328 e. The first-order chi connectivity index (χ1) is 7.36. The number of hydrogen-bond donors (Lipinski definition) is 1. The maximum Gasteiger partial charge on any atom is 0.0686 e. The van der Waals surface area contributed by atoms with Gasteiger partial charge in [0.25, 0.3) is 0 Å². The molecule has 0 radical (unpaired) electrons. The molecule has 1 heterocycles. The van der Waals surface area contributed by atoms with E-state index in [0.29, 0.717) is 12.6 Å². The molecule has 2 rings (SSSR count). The van der Waals surface area contributed by atoms with E-state index in [0.717, 1.165) is 12.8 Å². The molecule has 0 aliphatic carbocycles. The molecule has 0 spiro atoms. The summed E-state index contributed by atoms with van der Waals surface area (Å²) in [6, 6.07) is 8.58. The van der Waals surface area contributed by atoms with Gasteiger partial charge in [0.2, 0.25) is 0 Å². The van der Waals surface area contributed by atoms with Crippen LogP contribution in [0, 0.1) is 0 Å². The number of nitrogens with zero attached hydrogens (tertiary/aromatic N) is 2. The Hall–Kier alpha value is -1.35. The van der Waals surface area contributed by atoms with Gasteiger partial charge in [-0.3, -0.25) is 4.68 Å². The average molecular weight is 203 g/mol. The summed E-state index contributed by atoms with van der Waals surface area (Å²) < 4.78 is 2.05. The van der Waals surface area contributed by atoms with Crippen LogP contribution in [0.3, 0.4) is 0 Å². The smallest absolute Gasteiger partial charge is 0.0686 e. The molecule has 0 amide bonds. The van der Waals surface area contributed by atoms with Crippen LogP contribution in [0.4, 0.5) is 0 Å². The van der Waals surface area contributed by atoms with Gasteiger partial charge in [0.15, 0.2) is 0 Å². The zero-order valence-electron chi connectivity index (χ0n) is 9.06. The van der Waals surface area contributed by atoms with Crippen molar-refractivity contribution in [1.82, 2.24) is 9.78 Å². The molecule has 2 N–H and O–H groups in total. The van der Waals surface area contributed by atoms with Gasteiger partial charge in [0.05, 0.1) is 17.8 Å². The summed E-state index contributed by atoms with van der Waals surface area (Å²) in [6.45, 7) is 2.83. The fraction of sp³-hybridized carbons (Fsp3) is 0.417. The van der Waals surface area contributed by atoms with Crippen molar-refractivity contribution >= 4 is 10.9 Å². The van der Waals surface area contributed by atoms with E-state index >= 15 is 0 Å². The minimum absolute atomic E-state index is 0.329. The maximum absolute atomic E-state index is 5.78. The summed E-state index contributed by atoms with van der Waals surface area (Å²) >= 11 is 0. The van der Waals surface area contributed by atoms with Crippen LogP contribution in [0.5, 0.6) is 0 Å². The SMILES string of the molecule is CCCC(CN)n1ncc2ccccc21. The largest absolute Gasteiger partial charge is 0.328 e. The molecular formula is C12H17N3. The van der Waals surface area contributed by atoms with Crippen LogP contribution in [-0.4, -0.2) is 16.3 Å². The Balaban J connectivity index is 2.41. The molecule has 0 saturated heterocycles. The zero-order chi connectivity index (χ0) is 10.7. The number of rotatable bonds is 4. The topological polar surface area (TPSA) is 43.8 Å². The van der Waals surface area contributed by atoms with Gasteiger partial charge in [-0.2, -0.15) is 5.10 Å². The lowest BCUT2D eigenvalue weighted by Crippen LogP contribution is -2.19. The molecule has 1 atom stereocenters.